The number of benzene rings is 2. The number of hydrogen-bond donors (Lipinski definition) is 1. The zero-order valence-electron chi connectivity index (χ0n) is 18.2. The van der Waals surface area contributed by atoms with E-state index < -0.39 is 10.0 Å². The Morgan fingerprint density at radius 3 is 2.34 bits per heavy atom. The van der Waals surface area contributed by atoms with Gasteiger partial charge in [-0.15, -0.1) is 0 Å². The number of anilines is 2. The van der Waals surface area contributed by atoms with E-state index in [-0.39, 0.29) is 17.3 Å². The summed E-state index contributed by atoms with van der Waals surface area (Å²) in [5.74, 6) is 1.15. The van der Waals surface area contributed by atoms with E-state index >= 15 is 0 Å². The summed E-state index contributed by atoms with van der Waals surface area (Å²) in [6.07, 6.45) is 0.502. The maximum absolute atomic E-state index is 13.3. The van der Waals surface area contributed by atoms with Crippen molar-refractivity contribution in [2.45, 2.75) is 24.8 Å². The molecular weight excluding hydrogens is 426 g/mol. The van der Waals surface area contributed by atoms with Crippen LogP contribution in [0.15, 0.2) is 59.5 Å². The van der Waals surface area contributed by atoms with Gasteiger partial charge in [-0.05, 0) is 24.3 Å². The molecule has 1 aliphatic heterocycles. The summed E-state index contributed by atoms with van der Waals surface area (Å²) in [4.78, 5) is 22.8. The third-order valence-electron chi connectivity index (χ3n) is 5.27. The Morgan fingerprint density at radius 1 is 1.03 bits per heavy atom. The number of rotatable bonds is 5. The van der Waals surface area contributed by atoms with Crippen molar-refractivity contribution in [3.63, 3.8) is 0 Å². The summed E-state index contributed by atoms with van der Waals surface area (Å²) >= 11 is 0. The number of hydrogen-bond acceptors (Lipinski definition) is 6. The van der Waals surface area contributed by atoms with Gasteiger partial charge in [0.15, 0.2) is 5.82 Å². The number of carbonyl (C=O) groups is 1. The highest BCUT2D eigenvalue weighted by atomic mass is 32.2. The SMILES string of the molecule is CC(=O)Nc1ccc(S(=O)(=O)N2CCc3nc(-c4ccccc4)nc(N(C)C)c3C2)cc1. The third kappa shape index (κ3) is 4.35. The molecule has 0 atom stereocenters. The topological polar surface area (TPSA) is 95.5 Å². The Balaban J connectivity index is 1.66. The molecule has 2 heterocycles. The number of nitrogens with one attached hydrogen (secondary N) is 1. The average molecular weight is 452 g/mol. The van der Waals surface area contributed by atoms with E-state index in [0.717, 1.165) is 22.6 Å². The second-order valence-electron chi connectivity index (χ2n) is 7.85. The molecule has 166 valence electrons. The normalized spacial score (nSPS) is 14.0. The molecule has 3 aromatic rings. The van der Waals surface area contributed by atoms with Crippen LogP contribution in [-0.4, -0.2) is 49.2 Å². The van der Waals surface area contributed by atoms with Gasteiger partial charge in [0.2, 0.25) is 15.9 Å². The molecule has 0 bridgehead atoms. The third-order valence-corrected chi connectivity index (χ3v) is 7.13. The monoisotopic (exact) mass is 451 g/mol. The summed E-state index contributed by atoms with van der Waals surface area (Å²) < 4.78 is 28.0. The standard InChI is InChI=1S/C23H25N5O3S/c1-16(29)24-18-9-11-19(12-10-18)32(30,31)28-14-13-21-20(15-28)23(27(2)3)26-22(25-21)17-7-5-4-6-8-17/h4-12H,13-15H2,1-3H3,(H,24,29). The van der Waals surface area contributed by atoms with Gasteiger partial charge < -0.3 is 10.2 Å². The Kier molecular flexibility index (Phi) is 5.94. The number of aromatic nitrogens is 2. The Morgan fingerprint density at radius 2 is 1.72 bits per heavy atom. The van der Waals surface area contributed by atoms with Crippen LogP contribution in [0.25, 0.3) is 11.4 Å². The molecule has 4 rings (SSSR count). The van der Waals surface area contributed by atoms with Crippen LogP contribution in [0.5, 0.6) is 0 Å². The number of sulfonamides is 1. The summed E-state index contributed by atoms with van der Waals surface area (Å²) in [6, 6.07) is 16.0. The molecule has 0 fully saturated rings. The minimum Gasteiger partial charge on any atom is -0.362 e. The Labute approximate surface area is 188 Å². The molecule has 1 amide bonds. The highest BCUT2D eigenvalue weighted by Gasteiger charge is 2.31. The molecule has 0 unspecified atom stereocenters. The molecule has 1 aromatic heterocycles. The minimum atomic E-state index is -3.71. The summed E-state index contributed by atoms with van der Waals surface area (Å²) in [6.45, 7) is 1.94. The van der Waals surface area contributed by atoms with Crippen molar-refractivity contribution in [3.8, 4) is 11.4 Å². The van der Waals surface area contributed by atoms with E-state index in [4.69, 9.17) is 9.97 Å². The average Bonchev–Trinajstić information content (AvgIpc) is 2.78. The van der Waals surface area contributed by atoms with E-state index in [1.807, 2.05) is 49.3 Å². The lowest BCUT2D eigenvalue weighted by molar-refractivity contribution is -0.114. The van der Waals surface area contributed by atoms with Gasteiger partial charge in [-0.3, -0.25) is 4.79 Å². The molecule has 0 spiro atoms. The molecule has 0 aliphatic carbocycles. The fourth-order valence-electron chi connectivity index (χ4n) is 3.73. The summed E-state index contributed by atoms with van der Waals surface area (Å²) in [7, 11) is 0.0807. The lowest BCUT2D eigenvalue weighted by Crippen LogP contribution is -2.37. The van der Waals surface area contributed by atoms with Crippen molar-refractivity contribution < 1.29 is 13.2 Å². The van der Waals surface area contributed by atoms with Crippen LogP contribution in [0.4, 0.5) is 11.5 Å². The van der Waals surface area contributed by atoms with Crippen LogP contribution >= 0.6 is 0 Å². The highest BCUT2D eigenvalue weighted by molar-refractivity contribution is 7.89. The van der Waals surface area contributed by atoms with Crippen LogP contribution in [0.1, 0.15) is 18.2 Å². The molecule has 0 radical (unpaired) electrons. The Bertz CT molecular complexity index is 1240. The summed E-state index contributed by atoms with van der Waals surface area (Å²) in [5, 5.41) is 2.65. The van der Waals surface area contributed by atoms with Crippen LogP contribution in [0, 0.1) is 0 Å². The van der Waals surface area contributed by atoms with Crippen molar-refractivity contribution in [3.05, 3.63) is 65.9 Å². The minimum absolute atomic E-state index is 0.184. The zero-order chi connectivity index (χ0) is 22.9. The van der Waals surface area contributed by atoms with Gasteiger partial charge in [0.25, 0.3) is 0 Å². The van der Waals surface area contributed by atoms with E-state index in [2.05, 4.69) is 5.32 Å². The van der Waals surface area contributed by atoms with Gasteiger partial charge in [0.1, 0.15) is 5.82 Å². The first-order valence-electron chi connectivity index (χ1n) is 10.3. The van der Waals surface area contributed by atoms with Crippen LogP contribution < -0.4 is 10.2 Å². The van der Waals surface area contributed by atoms with E-state index in [0.29, 0.717) is 24.5 Å². The van der Waals surface area contributed by atoms with Crippen molar-refractivity contribution >= 4 is 27.4 Å². The van der Waals surface area contributed by atoms with Gasteiger partial charge in [0.05, 0.1) is 10.6 Å². The van der Waals surface area contributed by atoms with Crippen LogP contribution in [-0.2, 0) is 27.8 Å². The molecule has 1 aliphatic rings. The molecule has 1 N–H and O–H groups in total. The number of carbonyl (C=O) groups excluding carboxylic acids is 1. The van der Waals surface area contributed by atoms with E-state index in [9.17, 15) is 13.2 Å². The maximum atomic E-state index is 13.3. The lowest BCUT2D eigenvalue weighted by atomic mass is 10.1. The molecule has 8 nitrogen and oxygen atoms in total. The summed E-state index contributed by atoms with van der Waals surface area (Å²) in [5.41, 5.74) is 3.17. The van der Waals surface area contributed by atoms with E-state index in [1.165, 1.54) is 23.4 Å². The molecule has 0 saturated heterocycles. The second-order valence-corrected chi connectivity index (χ2v) is 9.79. The first-order valence-corrected chi connectivity index (χ1v) is 11.7. The Hall–Kier alpha value is -3.30. The van der Waals surface area contributed by atoms with Crippen molar-refractivity contribution in [2.75, 3.05) is 30.9 Å². The van der Waals surface area contributed by atoms with Crippen molar-refractivity contribution in [1.82, 2.24) is 14.3 Å². The number of amides is 1. The smallest absolute Gasteiger partial charge is 0.243 e. The second kappa shape index (κ2) is 8.68. The fraction of sp³-hybridized carbons (Fsp3) is 0.261. The molecule has 9 heteroatoms. The number of fused-ring (bicyclic) bond motifs is 1. The van der Waals surface area contributed by atoms with Gasteiger partial charge >= 0.3 is 0 Å². The maximum Gasteiger partial charge on any atom is 0.243 e. The molecule has 32 heavy (non-hydrogen) atoms. The molecular formula is C23H25N5O3S. The quantitative estimate of drug-likeness (QED) is 0.641. The first kappa shape index (κ1) is 21.9. The van der Waals surface area contributed by atoms with Gasteiger partial charge in [0, 0.05) is 57.3 Å². The molecule has 2 aromatic carbocycles. The zero-order valence-corrected chi connectivity index (χ0v) is 19.1. The largest absolute Gasteiger partial charge is 0.362 e. The fourth-order valence-corrected chi connectivity index (χ4v) is 5.13. The van der Waals surface area contributed by atoms with Crippen molar-refractivity contribution in [1.29, 1.82) is 0 Å². The number of nitrogens with zero attached hydrogens (tertiary/aromatic N) is 4. The first-order chi connectivity index (χ1) is 15.3. The van der Waals surface area contributed by atoms with Gasteiger partial charge in [-0.25, -0.2) is 18.4 Å². The highest BCUT2D eigenvalue weighted by Crippen LogP contribution is 2.31. The predicted octanol–water partition coefficient (Wildman–Crippen LogP) is 2.92. The van der Waals surface area contributed by atoms with E-state index in [1.54, 1.807) is 12.1 Å². The van der Waals surface area contributed by atoms with Crippen molar-refractivity contribution in [2.24, 2.45) is 0 Å². The van der Waals surface area contributed by atoms with Crippen LogP contribution in [0.3, 0.4) is 0 Å². The van der Waals surface area contributed by atoms with Gasteiger partial charge in [-0.1, -0.05) is 30.3 Å². The van der Waals surface area contributed by atoms with Gasteiger partial charge in [-0.2, -0.15) is 4.31 Å². The predicted molar refractivity (Wildman–Crippen MR) is 124 cm³/mol. The van der Waals surface area contributed by atoms with Crippen LogP contribution in [0.2, 0.25) is 0 Å². The molecule has 0 saturated carbocycles. The lowest BCUT2D eigenvalue weighted by Gasteiger charge is -2.30.